The molecule has 0 aliphatic heterocycles. The highest BCUT2D eigenvalue weighted by Crippen LogP contribution is 2.22. The molecule has 5 heteroatoms. The molecule has 0 saturated carbocycles. The van der Waals surface area contributed by atoms with Crippen LogP contribution >= 0.6 is 0 Å². The number of likely N-dealkylation sites (N-methyl/N-ethyl adjacent to an activating group) is 1. The van der Waals surface area contributed by atoms with Crippen LogP contribution in [0.4, 0.5) is 4.79 Å². The largest absolute Gasteiger partial charge is 0.494 e. The zero-order valence-corrected chi connectivity index (χ0v) is 16.1. The summed E-state index contributed by atoms with van der Waals surface area (Å²) in [4.78, 5) is 13.4. The lowest BCUT2D eigenvalue weighted by Gasteiger charge is -2.28. The van der Waals surface area contributed by atoms with Crippen LogP contribution in [-0.4, -0.2) is 44.3 Å². The third-order valence-electron chi connectivity index (χ3n) is 3.48. The van der Waals surface area contributed by atoms with E-state index in [-0.39, 0.29) is 12.1 Å². The number of methoxy groups -OCH3 is 1. The van der Waals surface area contributed by atoms with Crippen molar-refractivity contribution >= 4 is 6.09 Å². The van der Waals surface area contributed by atoms with Crippen molar-refractivity contribution in [2.24, 2.45) is 0 Å². The highest BCUT2D eigenvalue weighted by molar-refractivity contribution is 5.66. The number of amides is 1. The van der Waals surface area contributed by atoms with Gasteiger partial charge in [-0.05, 0) is 38.1 Å². The molecule has 1 N–H and O–H groups in total. The van der Waals surface area contributed by atoms with Gasteiger partial charge < -0.3 is 14.8 Å². The number of hydrogen-bond acceptors (Lipinski definition) is 4. The number of hydrogen-bond donors (Lipinski definition) is 1. The SMILES string of the molecule is CCC.CCOc1ccc(C(C)N(CC)CCNC(=O)OC)cc1. The van der Waals surface area contributed by atoms with Crippen LogP contribution < -0.4 is 10.1 Å². The molecule has 1 atom stereocenters. The molecule has 0 saturated heterocycles. The number of carbonyl (C=O) groups is 1. The molecule has 138 valence electrons. The zero-order valence-electron chi connectivity index (χ0n) is 16.1. The summed E-state index contributed by atoms with van der Waals surface area (Å²) in [6.45, 7) is 13.4. The van der Waals surface area contributed by atoms with Crippen molar-refractivity contribution in [1.82, 2.24) is 10.2 Å². The van der Waals surface area contributed by atoms with Gasteiger partial charge in [0.15, 0.2) is 0 Å². The Balaban J connectivity index is 0.00000163. The van der Waals surface area contributed by atoms with E-state index < -0.39 is 0 Å². The third-order valence-corrected chi connectivity index (χ3v) is 3.48. The summed E-state index contributed by atoms with van der Waals surface area (Å²) < 4.78 is 10.0. The second kappa shape index (κ2) is 13.7. The first-order valence-electron chi connectivity index (χ1n) is 8.82. The zero-order chi connectivity index (χ0) is 18.4. The van der Waals surface area contributed by atoms with Gasteiger partial charge in [-0.15, -0.1) is 0 Å². The standard InChI is InChI=1S/C16H26N2O3.C3H8/c1-5-18(12-11-17-16(19)20-4)13(3)14-7-9-15(10-8-14)21-6-2;1-3-2/h7-10,13H,5-6,11-12H2,1-4H3,(H,17,19);3H2,1-2H3. The Morgan fingerprint density at radius 2 is 1.75 bits per heavy atom. The summed E-state index contributed by atoms with van der Waals surface area (Å²) in [7, 11) is 1.37. The predicted molar refractivity (Wildman–Crippen MR) is 99.6 cm³/mol. The Hall–Kier alpha value is -1.75. The van der Waals surface area contributed by atoms with E-state index in [4.69, 9.17) is 4.74 Å². The smallest absolute Gasteiger partial charge is 0.406 e. The summed E-state index contributed by atoms with van der Waals surface area (Å²) in [6, 6.07) is 8.45. The van der Waals surface area contributed by atoms with E-state index in [2.05, 4.69) is 54.8 Å². The van der Waals surface area contributed by atoms with Crippen molar-refractivity contribution < 1.29 is 14.3 Å². The molecule has 0 radical (unpaired) electrons. The van der Waals surface area contributed by atoms with Crippen LogP contribution in [0.5, 0.6) is 5.75 Å². The minimum Gasteiger partial charge on any atom is -0.494 e. The van der Waals surface area contributed by atoms with Crippen molar-refractivity contribution in [1.29, 1.82) is 0 Å². The molecular formula is C19H34N2O3. The van der Waals surface area contributed by atoms with Crippen LogP contribution in [0.15, 0.2) is 24.3 Å². The monoisotopic (exact) mass is 338 g/mol. The number of carbonyl (C=O) groups excluding carboxylic acids is 1. The number of alkyl carbamates (subject to hydrolysis) is 1. The molecular weight excluding hydrogens is 304 g/mol. The summed E-state index contributed by atoms with van der Waals surface area (Å²) in [5.74, 6) is 0.892. The molecule has 5 nitrogen and oxygen atoms in total. The van der Waals surface area contributed by atoms with Crippen LogP contribution in [0.1, 0.15) is 52.6 Å². The number of nitrogens with one attached hydrogen (secondary N) is 1. The molecule has 0 aliphatic carbocycles. The topological polar surface area (TPSA) is 50.8 Å². The molecule has 0 fully saturated rings. The molecule has 1 aromatic rings. The van der Waals surface area contributed by atoms with Crippen molar-refractivity contribution in [3.05, 3.63) is 29.8 Å². The summed E-state index contributed by atoms with van der Waals surface area (Å²) in [5.41, 5.74) is 1.23. The van der Waals surface area contributed by atoms with Crippen LogP contribution in [0.3, 0.4) is 0 Å². The van der Waals surface area contributed by atoms with Crippen LogP contribution in [0, 0.1) is 0 Å². The maximum Gasteiger partial charge on any atom is 0.406 e. The van der Waals surface area contributed by atoms with Crippen molar-refractivity contribution in [3.8, 4) is 5.75 Å². The van der Waals surface area contributed by atoms with Gasteiger partial charge in [-0.3, -0.25) is 4.90 Å². The van der Waals surface area contributed by atoms with Gasteiger partial charge in [0.25, 0.3) is 0 Å². The van der Waals surface area contributed by atoms with E-state index in [0.29, 0.717) is 13.2 Å². The average Bonchev–Trinajstić information content (AvgIpc) is 2.59. The fourth-order valence-electron chi connectivity index (χ4n) is 2.22. The Kier molecular flexibility index (Phi) is 12.7. The molecule has 1 rings (SSSR count). The number of rotatable bonds is 8. The van der Waals surface area contributed by atoms with Gasteiger partial charge in [-0.2, -0.15) is 0 Å². The average molecular weight is 338 g/mol. The minimum atomic E-state index is -0.389. The van der Waals surface area contributed by atoms with Gasteiger partial charge in [-0.1, -0.05) is 39.3 Å². The van der Waals surface area contributed by atoms with E-state index in [1.165, 1.54) is 19.1 Å². The second-order valence-corrected chi connectivity index (χ2v) is 5.43. The van der Waals surface area contributed by atoms with Gasteiger partial charge in [0.05, 0.1) is 13.7 Å². The first-order chi connectivity index (χ1) is 11.5. The molecule has 1 amide bonds. The molecule has 0 bridgehead atoms. The number of nitrogens with zero attached hydrogens (tertiary/aromatic N) is 1. The Bertz CT molecular complexity index is 435. The number of ether oxygens (including phenoxy) is 2. The fourth-order valence-corrected chi connectivity index (χ4v) is 2.22. The normalized spacial score (nSPS) is 11.3. The van der Waals surface area contributed by atoms with E-state index in [0.717, 1.165) is 18.8 Å². The maximum absolute atomic E-state index is 11.1. The van der Waals surface area contributed by atoms with E-state index >= 15 is 0 Å². The highest BCUT2D eigenvalue weighted by atomic mass is 16.5. The van der Waals surface area contributed by atoms with Gasteiger partial charge in [0, 0.05) is 19.1 Å². The molecule has 24 heavy (non-hydrogen) atoms. The summed E-state index contributed by atoms with van der Waals surface area (Å²) in [6.07, 6.45) is 0.861. The van der Waals surface area contributed by atoms with Crippen LogP contribution in [0.25, 0.3) is 0 Å². The van der Waals surface area contributed by atoms with Gasteiger partial charge in [0.1, 0.15) is 5.75 Å². The van der Waals surface area contributed by atoms with Crippen molar-refractivity contribution in [3.63, 3.8) is 0 Å². The molecule has 1 unspecified atom stereocenters. The quantitative estimate of drug-likeness (QED) is 0.770. The minimum absolute atomic E-state index is 0.283. The van der Waals surface area contributed by atoms with Gasteiger partial charge in [0.2, 0.25) is 0 Å². The highest BCUT2D eigenvalue weighted by Gasteiger charge is 2.14. The molecule has 1 aromatic carbocycles. The first-order valence-corrected chi connectivity index (χ1v) is 8.82. The third kappa shape index (κ3) is 8.77. The van der Waals surface area contributed by atoms with Gasteiger partial charge in [-0.25, -0.2) is 4.79 Å². The van der Waals surface area contributed by atoms with E-state index in [9.17, 15) is 4.79 Å². The summed E-state index contributed by atoms with van der Waals surface area (Å²) >= 11 is 0. The lowest BCUT2D eigenvalue weighted by Crippen LogP contribution is -2.36. The Labute approximate surface area is 147 Å². The maximum atomic E-state index is 11.1. The second-order valence-electron chi connectivity index (χ2n) is 5.43. The Morgan fingerprint density at radius 3 is 2.21 bits per heavy atom. The van der Waals surface area contributed by atoms with Crippen LogP contribution in [-0.2, 0) is 4.74 Å². The fraction of sp³-hybridized carbons (Fsp3) is 0.632. The molecule has 0 spiro atoms. The van der Waals surface area contributed by atoms with Crippen LogP contribution in [0.2, 0.25) is 0 Å². The lowest BCUT2D eigenvalue weighted by atomic mass is 10.1. The van der Waals surface area contributed by atoms with E-state index in [1.807, 2.05) is 19.1 Å². The van der Waals surface area contributed by atoms with E-state index in [1.54, 1.807) is 0 Å². The molecule has 0 heterocycles. The van der Waals surface area contributed by atoms with Crippen molar-refractivity contribution in [2.45, 2.75) is 47.1 Å². The Morgan fingerprint density at radius 1 is 1.17 bits per heavy atom. The number of benzene rings is 1. The first kappa shape index (κ1) is 22.2. The van der Waals surface area contributed by atoms with Gasteiger partial charge >= 0.3 is 6.09 Å². The molecule has 0 aromatic heterocycles. The summed E-state index contributed by atoms with van der Waals surface area (Å²) in [5, 5.41) is 2.71. The molecule has 0 aliphatic rings. The lowest BCUT2D eigenvalue weighted by molar-refractivity contribution is 0.165. The predicted octanol–water partition coefficient (Wildman–Crippen LogP) is 4.24. The van der Waals surface area contributed by atoms with Crippen molar-refractivity contribution in [2.75, 3.05) is 33.4 Å².